The fourth-order valence-corrected chi connectivity index (χ4v) is 3.83. The summed E-state index contributed by atoms with van der Waals surface area (Å²) in [5.41, 5.74) is 0.189. The van der Waals surface area contributed by atoms with Crippen LogP contribution >= 0.6 is 0 Å². The lowest BCUT2D eigenvalue weighted by Crippen LogP contribution is -2.40. The fraction of sp³-hybridized carbons (Fsp3) is 0.500. The number of hydrogen-bond donors (Lipinski definition) is 1. The fourth-order valence-electron chi connectivity index (χ4n) is 2.95. The van der Waals surface area contributed by atoms with Crippen molar-refractivity contribution in [3.8, 4) is 0 Å². The number of amides is 1. The van der Waals surface area contributed by atoms with E-state index in [-0.39, 0.29) is 28.7 Å². The van der Waals surface area contributed by atoms with E-state index >= 15 is 0 Å². The predicted octanol–water partition coefficient (Wildman–Crippen LogP) is 1.81. The molecule has 1 N–H and O–H groups in total. The van der Waals surface area contributed by atoms with Crippen LogP contribution in [0, 0.1) is 5.92 Å². The number of carboxylic acids is 1. The second-order valence-corrected chi connectivity index (χ2v) is 7.94. The van der Waals surface area contributed by atoms with Crippen LogP contribution in [0.2, 0.25) is 0 Å². The van der Waals surface area contributed by atoms with Crippen LogP contribution in [0.5, 0.6) is 0 Å². The highest BCUT2D eigenvalue weighted by Gasteiger charge is 2.27. The first-order valence-electron chi connectivity index (χ1n) is 7.59. The van der Waals surface area contributed by atoms with Gasteiger partial charge in [-0.3, -0.25) is 9.59 Å². The maximum atomic E-state index is 12.7. The summed E-state index contributed by atoms with van der Waals surface area (Å²) in [6, 6.07) is 6.21. The topological polar surface area (TPSA) is 91.8 Å². The summed E-state index contributed by atoms with van der Waals surface area (Å²) < 4.78 is 23.7. The molecule has 0 saturated carbocycles. The second kappa shape index (κ2) is 7.12. The molecule has 0 bridgehead atoms. The van der Waals surface area contributed by atoms with Gasteiger partial charge in [-0.25, -0.2) is 8.42 Å². The quantitative estimate of drug-likeness (QED) is 0.883. The van der Waals surface area contributed by atoms with Gasteiger partial charge in [0.2, 0.25) is 0 Å². The van der Waals surface area contributed by atoms with Gasteiger partial charge in [-0.1, -0.05) is 12.1 Å². The van der Waals surface area contributed by atoms with Gasteiger partial charge >= 0.3 is 5.97 Å². The molecule has 1 amide bonds. The van der Waals surface area contributed by atoms with Crippen molar-refractivity contribution in [3.63, 3.8) is 0 Å². The van der Waals surface area contributed by atoms with Crippen LogP contribution < -0.4 is 0 Å². The number of carbonyl (C=O) groups is 2. The van der Waals surface area contributed by atoms with Crippen molar-refractivity contribution in [2.75, 3.05) is 19.3 Å². The van der Waals surface area contributed by atoms with E-state index in [0.29, 0.717) is 19.5 Å². The SMILES string of the molecule is CS(=O)(=O)c1ccccc1C(=O)N1CCCC(CCC(=O)O)C1. The molecule has 1 atom stereocenters. The molecule has 0 spiro atoms. The smallest absolute Gasteiger partial charge is 0.303 e. The lowest BCUT2D eigenvalue weighted by molar-refractivity contribution is -0.137. The molecule has 1 aliphatic rings. The minimum absolute atomic E-state index is 0.0395. The van der Waals surface area contributed by atoms with Crippen molar-refractivity contribution in [2.24, 2.45) is 5.92 Å². The molecule has 1 saturated heterocycles. The van der Waals surface area contributed by atoms with Gasteiger partial charge in [0.25, 0.3) is 5.91 Å². The largest absolute Gasteiger partial charge is 0.481 e. The summed E-state index contributed by atoms with van der Waals surface area (Å²) in [7, 11) is -3.48. The Labute approximate surface area is 136 Å². The molecule has 1 aromatic rings. The van der Waals surface area contributed by atoms with E-state index in [4.69, 9.17) is 5.11 Å². The molecular formula is C16H21NO5S. The van der Waals surface area contributed by atoms with E-state index in [2.05, 4.69) is 0 Å². The number of rotatable bonds is 5. The van der Waals surface area contributed by atoms with Gasteiger partial charge in [-0.2, -0.15) is 0 Å². The Morgan fingerprint density at radius 3 is 2.65 bits per heavy atom. The normalized spacial score (nSPS) is 18.7. The van der Waals surface area contributed by atoms with Gasteiger partial charge in [-0.15, -0.1) is 0 Å². The first-order chi connectivity index (χ1) is 10.8. The summed E-state index contributed by atoms with van der Waals surface area (Å²) in [6.45, 7) is 1.05. The van der Waals surface area contributed by atoms with Gasteiger partial charge in [0.1, 0.15) is 0 Å². The zero-order valence-electron chi connectivity index (χ0n) is 13.1. The first-order valence-corrected chi connectivity index (χ1v) is 9.48. The summed E-state index contributed by atoms with van der Waals surface area (Å²) in [6.07, 6.45) is 3.41. The molecule has 0 aromatic heterocycles. The van der Waals surface area contributed by atoms with Crippen LogP contribution in [-0.2, 0) is 14.6 Å². The average molecular weight is 339 g/mol. The number of carbonyl (C=O) groups excluding carboxylic acids is 1. The van der Waals surface area contributed by atoms with Gasteiger partial charge in [0, 0.05) is 25.8 Å². The Balaban J connectivity index is 2.16. The van der Waals surface area contributed by atoms with E-state index in [1.165, 1.54) is 12.1 Å². The Morgan fingerprint density at radius 1 is 1.30 bits per heavy atom. The highest BCUT2D eigenvalue weighted by Crippen LogP contribution is 2.24. The van der Waals surface area contributed by atoms with E-state index in [1.807, 2.05) is 0 Å². The molecule has 126 valence electrons. The lowest BCUT2D eigenvalue weighted by Gasteiger charge is -2.33. The molecule has 7 heteroatoms. The highest BCUT2D eigenvalue weighted by molar-refractivity contribution is 7.90. The molecule has 0 aliphatic carbocycles. The zero-order valence-corrected chi connectivity index (χ0v) is 13.9. The number of benzene rings is 1. The first kappa shape index (κ1) is 17.5. The number of piperidine rings is 1. The average Bonchev–Trinajstić information content (AvgIpc) is 2.51. The summed E-state index contributed by atoms with van der Waals surface area (Å²) in [5.74, 6) is -0.990. The Morgan fingerprint density at radius 2 is 2.00 bits per heavy atom. The third kappa shape index (κ3) is 4.54. The van der Waals surface area contributed by atoms with Crippen molar-refractivity contribution in [1.82, 2.24) is 4.90 Å². The number of sulfone groups is 1. The summed E-state index contributed by atoms with van der Waals surface area (Å²) in [4.78, 5) is 25.1. The van der Waals surface area contributed by atoms with Crippen LogP contribution in [0.1, 0.15) is 36.0 Å². The van der Waals surface area contributed by atoms with E-state index in [1.54, 1.807) is 17.0 Å². The van der Waals surface area contributed by atoms with Crippen LogP contribution in [0.4, 0.5) is 0 Å². The van der Waals surface area contributed by atoms with Crippen molar-refractivity contribution >= 4 is 21.7 Å². The third-order valence-electron chi connectivity index (χ3n) is 4.09. The molecule has 23 heavy (non-hydrogen) atoms. The summed E-state index contributed by atoms with van der Waals surface area (Å²) in [5, 5.41) is 8.78. The Bertz CT molecular complexity index is 698. The van der Waals surface area contributed by atoms with Gasteiger partial charge in [-0.05, 0) is 37.3 Å². The van der Waals surface area contributed by atoms with Crippen LogP contribution in [0.3, 0.4) is 0 Å². The molecular weight excluding hydrogens is 318 g/mol. The maximum Gasteiger partial charge on any atom is 0.303 e. The van der Waals surface area contributed by atoms with Gasteiger partial charge < -0.3 is 10.0 Å². The number of nitrogens with zero attached hydrogens (tertiary/aromatic N) is 1. The minimum Gasteiger partial charge on any atom is -0.481 e. The lowest BCUT2D eigenvalue weighted by atomic mass is 9.93. The van der Waals surface area contributed by atoms with Gasteiger partial charge in [0.05, 0.1) is 10.5 Å². The van der Waals surface area contributed by atoms with Crippen molar-refractivity contribution in [2.45, 2.75) is 30.6 Å². The van der Waals surface area contributed by atoms with Crippen molar-refractivity contribution < 1.29 is 23.1 Å². The van der Waals surface area contributed by atoms with E-state index in [9.17, 15) is 18.0 Å². The van der Waals surface area contributed by atoms with Crippen LogP contribution in [-0.4, -0.2) is 49.6 Å². The minimum atomic E-state index is -3.48. The molecule has 1 heterocycles. The third-order valence-corrected chi connectivity index (χ3v) is 5.24. The molecule has 1 fully saturated rings. The van der Waals surface area contributed by atoms with Crippen LogP contribution in [0.15, 0.2) is 29.2 Å². The van der Waals surface area contributed by atoms with Gasteiger partial charge in [0.15, 0.2) is 9.84 Å². The standard InChI is InChI=1S/C16H21NO5S/c1-23(21,22)14-7-3-2-6-13(14)16(20)17-10-4-5-12(11-17)8-9-15(18)19/h2-3,6-7,12H,4-5,8-11H2,1H3,(H,18,19). The van der Waals surface area contributed by atoms with Crippen molar-refractivity contribution in [1.29, 1.82) is 0 Å². The zero-order chi connectivity index (χ0) is 17.0. The Hall–Kier alpha value is -1.89. The second-order valence-electron chi connectivity index (χ2n) is 5.96. The predicted molar refractivity (Wildman–Crippen MR) is 85.0 cm³/mol. The monoisotopic (exact) mass is 339 g/mol. The highest BCUT2D eigenvalue weighted by atomic mass is 32.2. The van der Waals surface area contributed by atoms with Crippen LogP contribution in [0.25, 0.3) is 0 Å². The summed E-state index contributed by atoms with van der Waals surface area (Å²) >= 11 is 0. The number of aliphatic carboxylic acids is 1. The number of carboxylic acid groups (broad SMARTS) is 1. The van der Waals surface area contributed by atoms with E-state index in [0.717, 1.165) is 19.1 Å². The molecule has 6 nitrogen and oxygen atoms in total. The molecule has 2 rings (SSSR count). The molecule has 1 unspecified atom stereocenters. The maximum absolute atomic E-state index is 12.7. The molecule has 1 aliphatic heterocycles. The molecule has 1 aromatic carbocycles. The van der Waals surface area contributed by atoms with E-state index < -0.39 is 15.8 Å². The number of hydrogen-bond acceptors (Lipinski definition) is 4. The number of likely N-dealkylation sites (tertiary alicyclic amines) is 1. The van der Waals surface area contributed by atoms with Crippen molar-refractivity contribution in [3.05, 3.63) is 29.8 Å². The Kier molecular flexibility index (Phi) is 5.41. The molecule has 0 radical (unpaired) electrons.